The van der Waals surface area contributed by atoms with E-state index in [0.717, 1.165) is 5.56 Å². The molecule has 7 heteroatoms. The molecule has 0 aliphatic heterocycles. The molecule has 1 atom stereocenters. The first-order chi connectivity index (χ1) is 16.5. The van der Waals surface area contributed by atoms with Crippen LogP contribution in [-0.4, -0.2) is 25.2 Å². The molecule has 0 aliphatic rings. The third-order valence-corrected chi connectivity index (χ3v) is 5.73. The summed E-state index contributed by atoms with van der Waals surface area (Å²) in [6.07, 6.45) is -0.985. The van der Waals surface area contributed by atoms with Crippen LogP contribution in [0.15, 0.2) is 81.7 Å². The number of esters is 2. The maximum absolute atomic E-state index is 12.9. The number of halogens is 1. The number of rotatable bonds is 8. The van der Waals surface area contributed by atoms with Gasteiger partial charge in [0.1, 0.15) is 22.7 Å². The molecule has 34 heavy (non-hydrogen) atoms. The number of hydrogen-bond acceptors (Lipinski definition) is 6. The zero-order chi connectivity index (χ0) is 24.1. The van der Waals surface area contributed by atoms with Crippen LogP contribution in [0.3, 0.4) is 0 Å². The van der Waals surface area contributed by atoms with E-state index in [9.17, 15) is 9.59 Å². The molecule has 0 saturated carbocycles. The van der Waals surface area contributed by atoms with Crippen molar-refractivity contribution < 1.29 is 28.2 Å². The fourth-order valence-corrected chi connectivity index (χ4v) is 4.03. The molecule has 0 bridgehead atoms. The summed E-state index contributed by atoms with van der Waals surface area (Å²) < 4.78 is 23.4. The van der Waals surface area contributed by atoms with Crippen LogP contribution in [0.2, 0.25) is 0 Å². The van der Waals surface area contributed by atoms with Gasteiger partial charge in [0.15, 0.2) is 0 Å². The van der Waals surface area contributed by atoms with Crippen molar-refractivity contribution in [2.75, 3.05) is 13.2 Å². The molecule has 0 saturated heterocycles. The topological polar surface area (TPSA) is 75.0 Å². The fraction of sp³-hybridized carbons (Fsp3) is 0.185. The summed E-state index contributed by atoms with van der Waals surface area (Å²) in [4.78, 5) is 25.7. The molecule has 4 aromatic rings. The molecule has 4 rings (SSSR count). The monoisotopic (exact) mass is 522 g/mol. The van der Waals surface area contributed by atoms with Crippen molar-refractivity contribution in [3.8, 4) is 17.1 Å². The van der Waals surface area contributed by atoms with Gasteiger partial charge in [0.25, 0.3) is 0 Å². The first kappa shape index (κ1) is 23.6. The van der Waals surface area contributed by atoms with E-state index < -0.39 is 18.0 Å². The summed E-state index contributed by atoms with van der Waals surface area (Å²) in [7, 11) is 0. The lowest BCUT2D eigenvalue weighted by Gasteiger charge is -2.19. The number of hydrogen-bond donors (Lipinski definition) is 0. The van der Waals surface area contributed by atoms with E-state index in [1.54, 1.807) is 38.1 Å². The summed E-state index contributed by atoms with van der Waals surface area (Å²) in [6.45, 7) is 3.93. The zero-order valence-electron chi connectivity index (χ0n) is 18.7. The molecule has 0 aliphatic carbocycles. The van der Waals surface area contributed by atoms with Crippen LogP contribution in [0.1, 0.15) is 35.9 Å². The Balaban J connectivity index is 1.84. The Morgan fingerprint density at radius 2 is 1.56 bits per heavy atom. The SMILES string of the molecule is CCOC(=O)c1c(-c2ccccc2)oc2cc(Br)c(OC(C(=O)OCC)c3ccccc3)cc12. The van der Waals surface area contributed by atoms with Crippen LogP contribution in [0.5, 0.6) is 5.75 Å². The van der Waals surface area contributed by atoms with Crippen LogP contribution in [0, 0.1) is 0 Å². The third kappa shape index (κ3) is 4.84. The predicted octanol–water partition coefficient (Wildman–Crippen LogP) is 6.72. The molecule has 0 spiro atoms. The highest BCUT2D eigenvalue weighted by Crippen LogP contribution is 2.40. The summed E-state index contributed by atoms with van der Waals surface area (Å²) in [6, 6.07) is 21.8. The molecular weight excluding hydrogens is 500 g/mol. The van der Waals surface area contributed by atoms with E-state index in [2.05, 4.69) is 15.9 Å². The fourth-order valence-electron chi connectivity index (χ4n) is 3.61. The Hall–Kier alpha value is -3.58. The zero-order valence-corrected chi connectivity index (χ0v) is 20.3. The molecule has 0 radical (unpaired) electrons. The smallest absolute Gasteiger partial charge is 0.352 e. The Morgan fingerprint density at radius 3 is 2.21 bits per heavy atom. The van der Waals surface area contributed by atoms with Crippen molar-refractivity contribution in [2.45, 2.75) is 20.0 Å². The average Bonchev–Trinajstić information content (AvgIpc) is 3.22. The van der Waals surface area contributed by atoms with Crippen molar-refractivity contribution in [2.24, 2.45) is 0 Å². The molecule has 1 unspecified atom stereocenters. The van der Waals surface area contributed by atoms with Crippen molar-refractivity contribution >= 4 is 38.8 Å². The molecule has 0 N–H and O–H groups in total. The highest BCUT2D eigenvalue weighted by atomic mass is 79.9. The number of carbonyl (C=O) groups is 2. The summed E-state index contributed by atoms with van der Waals surface area (Å²) >= 11 is 3.51. The second kappa shape index (κ2) is 10.6. The molecule has 3 aromatic carbocycles. The number of benzene rings is 3. The maximum atomic E-state index is 12.9. The van der Waals surface area contributed by atoms with Gasteiger partial charge in [-0.25, -0.2) is 9.59 Å². The van der Waals surface area contributed by atoms with E-state index in [0.29, 0.717) is 38.1 Å². The van der Waals surface area contributed by atoms with Crippen molar-refractivity contribution in [3.05, 3.63) is 88.4 Å². The summed E-state index contributed by atoms with van der Waals surface area (Å²) in [5.74, 6) is -0.245. The van der Waals surface area contributed by atoms with Gasteiger partial charge in [0.2, 0.25) is 6.10 Å². The third-order valence-electron chi connectivity index (χ3n) is 5.11. The van der Waals surface area contributed by atoms with Crippen LogP contribution in [-0.2, 0) is 14.3 Å². The number of furan rings is 1. The van der Waals surface area contributed by atoms with Gasteiger partial charge in [-0.05, 0) is 41.9 Å². The molecule has 0 fully saturated rings. The van der Waals surface area contributed by atoms with E-state index in [-0.39, 0.29) is 13.2 Å². The molecule has 1 aromatic heterocycles. The Labute approximate surface area is 205 Å². The minimum atomic E-state index is -0.985. The van der Waals surface area contributed by atoms with E-state index in [1.165, 1.54) is 0 Å². The minimum Gasteiger partial charge on any atom is -0.473 e. The van der Waals surface area contributed by atoms with Crippen LogP contribution < -0.4 is 4.74 Å². The quantitative estimate of drug-likeness (QED) is 0.239. The van der Waals surface area contributed by atoms with Gasteiger partial charge < -0.3 is 18.6 Å². The molecule has 6 nitrogen and oxygen atoms in total. The molecular formula is C27H23BrO6. The highest BCUT2D eigenvalue weighted by molar-refractivity contribution is 9.10. The normalized spacial score (nSPS) is 11.7. The van der Waals surface area contributed by atoms with Crippen LogP contribution in [0.25, 0.3) is 22.3 Å². The summed E-state index contributed by atoms with van der Waals surface area (Å²) in [5, 5.41) is 0.520. The average molecular weight is 523 g/mol. The van der Waals surface area contributed by atoms with Gasteiger partial charge in [-0.1, -0.05) is 60.7 Å². The Bertz CT molecular complexity index is 1300. The lowest BCUT2D eigenvalue weighted by Crippen LogP contribution is -2.21. The number of carbonyl (C=O) groups excluding carboxylic acids is 2. The second-order valence-electron chi connectivity index (χ2n) is 7.33. The van der Waals surface area contributed by atoms with Gasteiger partial charge in [-0.2, -0.15) is 0 Å². The van der Waals surface area contributed by atoms with Crippen molar-refractivity contribution in [1.29, 1.82) is 0 Å². The van der Waals surface area contributed by atoms with Gasteiger partial charge in [-0.3, -0.25) is 0 Å². The lowest BCUT2D eigenvalue weighted by atomic mass is 10.1. The van der Waals surface area contributed by atoms with Crippen molar-refractivity contribution in [1.82, 2.24) is 0 Å². The van der Waals surface area contributed by atoms with Gasteiger partial charge in [0, 0.05) is 16.5 Å². The van der Waals surface area contributed by atoms with Crippen molar-refractivity contribution in [3.63, 3.8) is 0 Å². The molecule has 174 valence electrons. The van der Waals surface area contributed by atoms with Crippen LogP contribution in [0.4, 0.5) is 0 Å². The molecule has 0 amide bonds. The maximum Gasteiger partial charge on any atom is 0.352 e. The highest BCUT2D eigenvalue weighted by Gasteiger charge is 2.28. The first-order valence-corrected chi connectivity index (χ1v) is 11.7. The van der Waals surface area contributed by atoms with Crippen LogP contribution >= 0.6 is 15.9 Å². The standard InChI is InChI=1S/C27H23BrO6/c1-3-31-26(29)23-19-15-22(34-25(27(30)32-4-2)18-13-9-6-10-14-18)20(28)16-21(19)33-24(23)17-11-7-5-8-12-17/h5-16,25H,3-4H2,1-2H3. The Kier molecular flexibility index (Phi) is 7.33. The van der Waals surface area contributed by atoms with E-state index in [1.807, 2.05) is 48.5 Å². The number of ether oxygens (including phenoxy) is 3. The van der Waals surface area contributed by atoms with E-state index >= 15 is 0 Å². The Morgan fingerprint density at radius 1 is 0.912 bits per heavy atom. The second-order valence-corrected chi connectivity index (χ2v) is 8.19. The summed E-state index contributed by atoms with van der Waals surface area (Å²) in [5.41, 5.74) is 2.17. The molecule has 1 heterocycles. The largest absolute Gasteiger partial charge is 0.473 e. The number of fused-ring (bicyclic) bond motifs is 1. The predicted molar refractivity (Wildman–Crippen MR) is 132 cm³/mol. The van der Waals surface area contributed by atoms with Gasteiger partial charge >= 0.3 is 11.9 Å². The minimum absolute atomic E-state index is 0.221. The van der Waals surface area contributed by atoms with Gasteiger partial charge in [-0.15, -0.1) is 0 Å². The lowest BCUT2D eigenvalue weighted by molar-refractivity contribution is -0.151. The first-order valence-electron chi connectivity index (χ1n) is 10.9. The van der Waals surface area contributed by atoms with Gasteiger partial charge in [0.05, 0.1) is 17.7 Å². The van der Waals surface area contributed by atoms with E-state index in [4.69, 9.17) is 18.6 Å².